The van der Waals surface area contributed by atoms with Crippen LogP contribution in [-0.4, -0.2) is 28.6 Å². The number of carboxylic acid groups (broad SMARTS) is 1. The number of aromatic nitrogens is 1. The fraction of sp³-hybridized carbons (Fsp3) is 0.105. The molecule has 0 atom stereocenters. The van der Waals surface area contributed by atoms with Crippen molar-refractivity contribution < 1.29 is 19.4 Å². The highest BCUT2D eigenvalue weighted by Gasteiger charge is 2.15. The first-order chi connectivity index (χ1) is 12.6. The van der Waals surface area contributed by atoms with Crippen LogP contribution >= 0.6 is 0 Å². The lowest BCUT2D eigenvalue weighted by atomic mass is 10.1. The molecule has 0 saturated heterocycles. The molecule has 7 heteroatoms. The Balaban J connectivity index is 0.000000151. The number of fused-ring (bicyclic) bond motifs is 2. The molecule has 1 aliphatic heterocycles. The SMILES string of the molecule is NCc1ccc2c(c1)NC(=O)CO2.O=C(O)c1ccnc2ccccc12. The van der Waals surface area contributed by atoms with Gasteiger partial charge in [0.1, 0.15) is 5.75 Å². The van der Waals surface area contributed by atoms with Gasteiger partial charge in [0.2, 0.25) is 0 Å². The zero-order valence-electron chi connectivity index (χ0n) is 13.8. The van der Waals surface area contributed by atoms with E-state index in [1.54, 1.807) is 18.2 Å². The summed E-state index contributed by atoms with van der Waals surface area (Å²) in [4.78, 5) is 25.8. The maximum Gasteiger partial charge on any atom is 0.336 e. The van der Waals surface area contributed by atoms with E-state index in [2.05, 4.69) is 10.3 Å². The van der Waals surface area contributed by atoms with E-state index in [0.717, 1.165) is 5.56 Å². The number of aromatic carboxylic acids is 1. The van der Waals surface area contributed by atoms with Crippen LogP contribution in [-0.2, 0) is 11.3 Å². The van der Waals surface area contributed by atoms with E-state index in [-0.39, 0.29) is 12.5 Å². The smallest absolute Gasteiger partial charge is 0.336 e. The summed E-state index contributed by atoms with van der Waals surface area (Å²) in [6.45, 7) is 0.554. The van der Waals surface area contributed by atoms with Gasteiger partial charge in [-0.2, -0.15) is 0 Å². The maximum atomic E-state index is 11.0. The number of para-hydroxylation sites is 1. The average Bonchev–Trinajstić information content (AvgIpc) is 2.67. The maximum absolute atomic E-state index is 11.0. The first-order valence-corrected chi connectivity index (χ1v) is 7.91. The van der Waals surface area contributed by atoms with Crippen molar-refractivity contribution in [3.63, 3.8) is 0 Å². The number of ether oxygens (including phenoxy) is 1. The molecular weight excluding hydrogens is 334 g/mol. The van der Waals surface area contributed by atoms with Gasteiger partial charge in [-0.05, 0) is 29.8 Å². The van der Waals surface area contributed by atoms with Gasteiger partial charge in [-0.1, -0.05) is 24.3 Å². The van der Waals surface area contributed by atoms with Gasteiger partial charge in [-0.25, -0.2) is 4.79 Å². The van der Waals surface area contributed by atoms with Crippen molar-refractivity contribution >= 4 is 28.5 Å². The number of carbonyl (C=O) groups is 2. The summed E-state index contributed by atoms with van der Waals surface area (Å²) < 4.78 is 5.18. The Bertz CT molecular complexity index is 967. The number of anilines is 1. The van der Waals surface area contributed by atoms with Crippen LogP contribution in [0.25, 0.3) is 10.9 Å². The summed E-state index contributed by atoms with van der Waals surface area (Å²) in [7, 11) is 0. The standard InChI is InChI=1S/C10H7NO2.C9H10N2O2/c12-10(13)8-5-6-11-9-4-2-1-3-7(8)9;10-4-6-1-2-8-7(3-6)11-9(12)5-13-8/h1-6H,(H,12,13);1-3H,4-5,10H2,(H,11,12). The minimum Gasteiger partial charge on any atom is -0.482 e. The van der Waals surface area contributed by atoms with Gasteiger partial charge in [-0.3, -0.25) is 9.78 Å². The number of nitrogens with one attached hydrogen (secondary N) is 1. The lowest BCUT2D eigenvalue weighted by Crippen LogP contribution is -2.25. The van der Waals surface area contributed by atoms with Gasteiger partial charge < -0.3 is 20.9 Å². The van der Waals surface area contributed by atoms with Gasteiger partial charge >= 0.3 is 5.97 Å². The summed E-state index contributed by atoms with van der Waals surface area (Å²) >= 11 is 0. The number of rotatable bonds is 2. The fourth-order valence-corrected chi connectivity index (χ4v) is 2.54. The normalized spacial score (nSPS) is 12.3. The van der Waals surface area contributed by atoms with E-state index in [4.69, 9.17) is 15.6 Å². The van der Waals surface area contributed by atoms with Crippen molar-refractivity contribution in [1.82, 2.24) is 4.98 Å². The van der Waals surface area contributed by atoms with Gasteiger partial charge in [0.05, 0.1) is 16.8 Å². The Kier molecular flexibility index (Phi) is 5.09. The lowest BCUT2D eigenvalue weighted by molar-refractivity contribution is -0.118. The molecule has 2 heterocycles. The molecule has 4 rings (SSSR count). The van der Waals surface area contributed by atoms with Gasteiger partial charge in [0.25, 0.3) is 5.91 Å². The molecule has 0 aliphatic carbocycles. The fourth-order valence-electron chi connectivity index (χ4n) is 2.54. The Morgan fingerprint density at radius 3 is 2.81 bits per heavy atom. The molecule has 1 aliphatic rings. The molecule has 0 unspecified atom stereocenters. The van der Waals surface area contributed by atoms with Crippen molar-refractivity contribution in [2.75, 3.05) is 11.9 Å². The highest BCUT2D eigenvalue weighted by molar-refractivity contribution is 6.02. The third-order valence-corrected chi connectivity index (χ3v) is 3.79. The van der Waals surface area contributed by atoms with Crippen molar-refractivity contribution in [2.45, 2.75) is 6.54 Å². The van der Waals surface area contributed by atoms with E-state index in [1.807, 2.05) is 24.3 Å². The summed E-state index contributed by atoms with van der Waals surface area (Å²) in [5, 5.41) is 12.2. The van der Waals surface area contributed by atoms with Crippen LogP contribution in [0.1, 0.15) is 15.9 Å². The van der Waals surface area contributed by atoms with E-state index < -0.39 is 5.97 Å². The van der Waals surface area contributed by atoms with Crippen LogP contribution < -0.4 is 15.8 Å². The molecule has 0 saturated carbocycles. The first-order valence-electron chi connectivity index (χ1n) is 7.91. The molecular formula is C19H17N3O4. The number of carboxylic acids is 1. The molecule has 132 valence electrons. The average molecular weight is 351 g/mol. The summed E-state index contributed by atoms with van der Waals surface area (Å²) in [6.07, 6.45) is 1.51. The Hall–Kier alpha value is -3.45. The monoisotopic (exact) mass is 351 g/mol. The number of carbonyl (C=O) groups excluding carboxylic acids is 1. The third kappa shape index (κ3) is 3.79. The molecule has 1 aromatic heterocycles. The Labute approximate surface area is 149 Å². The second-order valence-electron chi connectivity index (χ2n) is 5.55. The second kappa shape index (κ2) is 7.62. The largest absolute Gasteiger partial charge is 0.482 e. The third-order valence-electron chi connectivity index (χ3n) is 3.79. The van der Waals surface area contributed by atoms with Crippen molar-refractivity contribution in [2.24, 2.45) is 5.73 Å². The number of nitrogens with two attached hydrogens (primary N) is 1. The lowest BCUT2D eigenvalue weighted by Gasteiger charge is -2.18. The molecule has 0 fully saturated rings. The summed E-state index contributed by atoms with van der Waals surface area (Å²) in [6, 6.07) is 14.2. The van der Waals surface area contributed by atoms with Gasteiger partial charge in [-0.15, -0.1) is 0 Å². The molecule has 0 spiro atoms. The molecule has 4 N–H and O–H groups in total. The van der Waals surface area contributed by atoms with Crippen LogP contribution in [0.15, 0.2) is 54.7 Å². The molecule has 1 amide bonds. The zero-order valence-corrected chi connectivity index (χ0v) is 13.8. The van der Waals surface area contributed by atoms with Crippen LogP contribution in [0.5, 0.6) is 5.75 Å². The number of hydrogen-bond donors (Lipinski definition) is 3. The molecule has 0 radical (unpaired) electrons. The van der Waals surface area contributed by atoms with E-state index in [0.29, 0.717) is 34.4 Å². The predicted molar refractivity (Wildman–Crippen MR) is 97.2 cm³/mol. The second-order valence-corrected chi connectivity index (χ2v) is 5.55. The van der Waals surface area contributed by atoms with Crippen molar-refractivity contribution in [3.8, 4) is 5.75 Å². The van der Waals surface area contributed by atoms with E-state index in [1.165, 1.54) is 12.3 Å². The van der Waals surface area contributed by atoms with Crippen LogP contribution in [0.2, 0.25) is 0 Å². The minimum atomic E-state index is -0.918. The Morgan fingerprint density at radius 2 is 2.04 bits per heavy atom. The Morgan fingerprint density at radius 1 is 1.23 bits per heavy atom. The van der Waals surface area contributed by atoms with Crippen LogP contribution in [0, 0.1) is 0 Å². The van der Waals surface area contributed by atoms with E-state index in [9.17, 15) is 9.59 Å². The molecule has 26 heavy (non-hydrogen) atoms. The number of nitrogens with zero attached hydrogens (tertiary/aromatic N) is 1. The van der Waals surface area contributed by atoms with Gasteiger partial charge in [0, 0.05) is 18.1 Å². The highest BCUT2D eigenvalue weighted by Crippen LogP contribution is 2.28. The molecule has 0 bridgehead atoms. The number of amides is 1. The molecule has 2 aromatic carbocycles. The first kappa shape index (κ1) is 17.4. The summed E-state index contributed by atoms with van der Waals surface area (Å²) in [5.41, 5.74) is 8.16. The molecule has 7 nitrogen and oxygen atoms in total. The molecule has 3 aromatic rings. The van der Waals surface area contributed by atoms with E-state index >= 15 is 0 Å². The minimum absolute atomic E-state index is 0.0922. The topological polar surface area (TPSA) is 115 Å². The number of hydrogen-bond acceptors (Lipinski definition) is 5. The number of benzene rings is 2. The predicted octanol–water partition coefficient (Wildman–Crippen LogP) is 2.41. The van der Waals surface area contributed by atoms with Crippen molar-refractivity contribution in [1.29, 1.82) is 0 Å². The summed E-state index contributed by atoms with van der Waals surface area (Å²) in [5.74, 6) is -0.336. The highest BCUT2D eigenvalue weighted by atomic mass is 16.5. The van der Waals surface area contributed by atoms with Crippen LogP contribution in [0.3, 0.4) is 0 Å². The zero-order chi connectivity index (χ0) is 18.5. The van der Waals surface area contributed by atoms with Crippen LogP contribution in [0.4, 0.5) is 5.69 Å². The quantitative estimate of drug-likeness (QED) is 0.653. The number of pyridine rings is 1. The van der Waals surface area contributed by atoms with Gasteiger partial charge in [0.15, 0.2) is 6.61 Å². The van der Waals surface area contributed by atoms with Crippen molar-refractivity contribution in [3.05, 3.63) is 65.9 Å².